The van der Waals surface area contributed by atoms with Crippen LogP contribution in [0.3, 0.4) is 0 Å². The number of hydrogen-bond acceptors (Lipinski definition) is 4. The molecule has 3 heterocycles. The van der Waals surface area contributed by atoms with Gasteiger partial charge in [0.1, 0.15) is 5.82 Å². The molecule has 1 N–H and O–H groups in total. The summed E-state index contributed by atoms with van der Waals surface area (Å²) in [4.78, 5) is 17.0. The van der Waals surface area contributed by atoms with Gasteiger partial charge in [-0.1, -0.05) is 29.8 Å². The second-order valence-electron chi connectivity index (χ2n) is 7.80. The summed E-state index contributed by atoms with van der Waals surface area (Å²) in [5, 5.41) is 11.1. The highest BCUT2D eigenvalue weighted by Gasteiger charge is 2.35. The number of rotatable bonds is 5. The number of fused-ring (bicyclic) bond motifs is 1. The van der Waals surface area contributed by atoms with Gasteiger partial charge in [0.15, 0.2) is 17.0 Å². The number of nitrogens with one attached hydrogen (secondary N) is 1. The van der Waals surface area contributed by atoms with Crippen molar-refractivity contribution in [3.63, 3.8) is 0 Å². The summed E-state index contributed by atoms with van der Waals surface area (Å²) in [5.41, 5.74) is -0.210. The maximum absolute atomic E-state index is 13.8. The second-order valence-corrected chi connectivity index (χ2v) is 8.21. The number of carbonyl (C=O) groups is 1. The molecule has 0 unspecified atom stereocenters. The summed E-state index contributed by atoms with van der Waals surface area (Å²) in [6, 6.07) is 14.0. The monoisotopic (exact) mass is 514 g/mol. The lowest BCUT2D eigenvalue weighted by Gasteiger charge is -2.11. The summed E-state index contributed by atoms with van der Waals surface area (Å²) in [6.45, 7) is 0.356. The lowest BCUT2D eigenvalue weighted by atomic mass is 10.1. The van der Waals surface area contributed by atoms with Crippen molar-refractivity contribution in [2.75, 3.05) is 5.32 Å². The van der Waals surface area contributed by atoms with E-state index in [2.05, 4.69) is 20.5 Å². The Morgan fingerprint density at radius 1 is 1.06 bits per heavy atom. The molecule has 3 aromatic heterocycles. The predicted molar refractivity (Wildman–Crippen MR) is 124 cm³/mol. The van der Waals surface area contributed by atoms with E-state index in [1.165, 1.54) is 18.3 Å². The molecule has 36 heavy (non-hydrogen) atoms. The molecule has 0 aliphatic heterocycles. The molecule has 0 fully saturated rings. The van der Waals surface area contributed by atoms with Crippen LogP contribution in [-0.2, 0) is 12.7 Å². The zero-order valence-corrected chi connectivity index (χ0v) is 18.9. The van der Waals surface area contributed by atoms with Gasteiger partial charge in [0.2, 0.25) is 0 Å². The molecule has 0 atom stereocenters. The van der Waals surface area contributed by atoms with Crippen molar-refractivity contribution in [2.45, 2.75) is 12.7 Å². The quantitative estimate of drug-likeness (QED) is 0.305. The van der Waals surface area contributed by atoms with Gasteiger partial charge >= 0.3 is 6.18 Å². The molecule has 12 heteroatoms. The first-order chi connectivity index (χ1) is 17.2. The zero-order valence-electron chi connectivity index (χ0n) is 18.2. The summed E-state index contributed by atoms with van der Waals surface area (Å²) in [5.74, 6) is -1.27. The van der Waals surface area contributed by atoms with E-state index in [4.69, 9.17) is 11.6 Å². The van der Waals surface area contributed by atoms with Crippen LogP contribution in [0.15, 0.2) is 73.1 Å². The molecule has 0 bridgehead atoms. The minimum atomic E-state index is -4.78. The van der Waals surface area contributed by atoms with Crippen molar-refractivity contribution in [3.05, 3.63) is 101 Å². The smallest absolute Gasteiger partial charge is 0.318 e. The number of alkyl halides is 3. The summed E-state index contributed by atoms with van der Waals surface area (Å²) >= 11 is 6.16. The molecule has 182 valence electrons. The molecule has 0 aliphatic carbocycles. The number of hydrogen-bond donors (Lipinski definition) is 1. The van der Waals surface area contributed by atoms with Gasteiger partial charge < -0.3 is 5.32 Å². The number of nitrogens with zero attached hydrogens (tertiary/aromatic N) is 5. The Labute approximate surface area is 206 Å². The van der Waals surface area contributed by atoms with E-state index in [1.807, 2.05) is 12.1 Å². The van der Waals surface area contributed by atoms with Crippen LogP contribution in [-0.4, -0.2) is 30.3 Å². The fourth-order valence-electron chi connectivity index (χ4n) is 3.57. The Bertz CT molecular complexity index is 1580. The molecule has 0 radical (unpaired) electrons. The molecular formula is C24H15ClF4N6O. The first kappa shape index (κ1) is 23.5. The number of aromatic nitrogens is 5. The van der Waals surface area contributed by atoms with Gasteiger partial charge in [0.05, 0.1) is 24.1 Å². The van der Waals surface area contributed by atoms with E-state index >= 15 is 0 Å². The highest BCUT2D eigenvalue weighted by Crippen LogP contribution is 2.32. The van der Waals surface area contributed by atoms with Crippen molar-refractivity contribution in [2.24, 2.45) is 0 Å². The average Bonchev–Trinajstić information content (AvgIpc) is 3.46. The summed E-state index contributed by atoms with van der Waals surface area (Å²) < 4.78 is 56.7. The maximum Gasteiger partial charge on any atom is 0.433 e. The third-order valence-electron chi connectivity index (χ3n) is 5.27. The van der Waals surface area contributed by atoms with Gasteiger partial charge in [-0.15, -0.1) is 0 Å². The van der Waals surface area contributed by atoms with Crippen LogP contribution in [0.4, 0.5) is 23.2 Å². The van der Waals surface area contributed by atoms with E-state index < -0.39 is 23.6 Å². The summed E-state index contributed by atoms with van der Waals surface area (Å²) in [6.07, 6.45) is -1.82. The molecule has 0 spiro atoms. The number of carbonyl (C=O) groups excluding carboxylic acids is 1. The SMILES string of the molecule is O=C(Nc1cnn(Cc2ccccc2Cl)c1)c1cc2nc(-c3ccc(F)cc3)cc(C(F)(F)F)n2n1. The fraction of sp³-hybridized carbons (Fsp3) is 0.0833. The van der Waals surface area contributed by atoms with Gasteiger partial charge in [-0.3, -0.25) is 9.48 Å². The minimum Gasteiger partial charge on any atom is -0.318 e. The van der Waals surface area contributed by atoms with Gasteiger partial charge in [-0.2, -0.15) is 23.4 Å². The van der Waals surface area contributed by atoms with Crippen molar-refractivity contribution in [1.82, 2.24) is 24.4 Å². The van der Waals surface area contributed by atoms with E-state index in [1.54, 1.807) is 23.0 Å². The molecule has 1 amide bonds. The molecule has 5 rings (SSSR count). The Balaban J connectivity index is 1.43. The van der Waals surface area contributed by atoms with Crippen molar-refractivity contribution >= 4 is 28.8 Å². The standard InChI is InChI=1S/C24H15ClF4N6O/c25-18-4-2-1-3-15(18)12-34-13-17(11-30-34)31-23(36)20-10-22-32-19(14-5-7-16(26)8-6-14)9-21(24(27,28)29)35(22)33-20/h1-11,13H,12H2,(H,31,36). The number of benzene rings is 2. The van der Waals surface area contributed by atoms with Crippen molar-refractivity contribution in [3.8, 4) is 11.3 Å². The van der Waals surface area contributed by atoms with Crippen LogP contribution in [0.5, 0.6) is 0 Å². The van der Waals surface area contributed by atoms with Gasteiger partial charge in [0.25, 0.3) is 5.91 Å². The molecule has 5 aromatic rings. The lowest BCUT2D eigenvalue weighted by molar-refractivity contribution is -0.142. The Morgan fingerprint density at radius 3 is 2.53 bits per heavy atom. The molecule has 0 saturated carbocycles. The molecule has 7 nitrogen and oxygen atoms in total. The molecular weight excluding hydrogens is 500 g/mol. The average molecular weight is 515 g/mol. The lowest BCUT2D eigenvalue weighted by Crippen LogP contribution is -2.15. The van der Waals surface area contributed by atoms with E-state index in [0.29, 0.717) is 21.8 Å². The molecule has 0 saturated heterocycles. The topological polar surface area (TPSA) is 77.1 Å². The van der Waals surface area contributed by atoms with Gasteiger partial charge in [0, 0.05) is 22.8 Å². The van der Waals surface area contributed by atoms with Crippen LogP contribution in [0.2, 0.25) is 5.02 Å². The normalized spacial score (nSPS) is 11.7. The third kappa shape index (κ3) is 4.78. The fourth-order valence-corrected chi connectivity index (χ4v) is 3.76. The minimum absolute atomic E-state index is 0.0393. The largest absolute Gasteiger partial charge is 0.433 e. The molecule has 2 aromatic carbocycles. The Hall–Kier alpha value is -4.25. The van der Waals surface area contributed by atoms with E-state index in [0.717, 1.165) is 29.8 Å². The maximum atomic E-state index is 13.8. The van der Waals surface area contributed by atoms with Crippen molar-refractivity contribution < 1.29 is 22.4 Å². The van der Waals surface area contributed by atoms with Crippen LogP contribution in [0, 0.1) is 5.82 Å². The third-order valence-corrected chi connectivity index (χ3v) is 5.64. The number of amides is 1. The van der Waals surface area contributed by atoms with Crippen LogP contribution >= 0.6 is 11.6 Å². The number of halogens is 5. The Morgan fingerprint density at radius 2 is 1.81 bits per heavy atom. The molecule has 0 aliphatic rings. The van der Waals surface area contributed by atoms with Crippen LogP contribution in [0.25, 0.3) is 16.9 Å². The van der Waals surface area contributed by atoms with Crippen LogP contribution in [0.1, 0.15) is 21.7 Å². The first-order valence-corrected chi connectivity index (χ1v) is 10.9. The first-order valence-electron chi connectivity index (χ1n) is 10.5. The van der Waals surface area contributed by atoms with Crippen LogP contribution < -0.4 is 5.32 Å². The summed E-state index contributed by atoms with van der Waals surface area (Å²) in [7, 11) is 0. The zero-order chi connectivity index (χ0) is 25.4. The predicted octanol–water partition coefficient (Wildman–Crippen LogP) is 5.70. The Kier molecular flexibility index (Phi) is 5.92. The highest BCUT2D eigenvalue weighted by atomic mass is 35.5. The van der Waals surface area contributed by atoms with Gasteiger partial charge in [-0.25, -0.2) is 13.9 Å². The van der Waals surface area contributed by atoms with Crippen molar-refractivity contribution in [1.29, 1.82) is 0 Å². The second kappa shape index (κ2) is 9.08. The van der Waals surface area contributed by atoms with E-state index in [-0.39, 0.29) is 22.6 Å². The highest BCUT2D eigenvalue weighted by molar-refractivity contribution is 6.31. The number of anilines is 1. The van der Waals surface area contributed by atoms with E-state index in [9.17, 15) is 22.4 Å². The van der Waals surface area contributed by atoms with Gasteiger partial charge in [-0.05, 0) is 42.0 Å².